The monoisotopic (exact) mass is 382 g/mol. The van der Waals surface area contributed by atoms with Crippen LogP contribution in [0.5, 0.6) is 5.75 Å². The number of benzene rings is 3. The van der Waals surface area contributed by atoms with Crippen molar-refractivity contribution in [2.24, 2.45) is 0 Å². The van der Waals surface area contributed by atoms with Crippen LogP contribution in [0.1, 0.15) is 32.6 Å². The molecule has 0 aliphatic rings. The van der Waals surface area contributed by atoms with Crippen LogP contribution in [0.2, 0.25) is 0 Å². The molecule has 0 aliphatic carbocycles. The molecule has 0 unspecified atom stereocenters. The molecule has 0 aromatic heterocycles. The Kier molecular flexibility index (Phi) is 6.49. The van der Waals surface area contributed by atoms with Crippen LogP contribution in [0.4, 0.5) is 0 Å². The largest absolute Gasteiger partial charge is 0.507 e. The van der Waals surface area contributed by atoms with E-state index in [9.17, 15) is 15.0 Å². The number of carboxylic acids is 1. The zero-order chi connectivity index (χ0) is 16.9. The Bertz CT molecular complexity index is 846. The molecular formula is C21H18O3Zn. The Hall–Kier alpha value is -2.45. The van der Waals surface area contributed by atoms with E-state index in [1.54, 1.807) is 6.07 Å². The fourth-order valence-electron chi connectivity index (χ4n) is 2.81. The van der Waals surface area contributed by atoms with Crippen molar-refractivity contribution < 1.29 is 34.5 Å². The van der Waals surface area contributed by atoms with Gasteiger partial charge in [-0.15, -0.1) is 0 Å². The minimum atomic E-state index is -1.11. The smallest absolute Gasteiger partial charge is 0.339 e. The van der Waals surface area contributed by atoms with Crippen molar-refractivity contribution >= 4 is 5.97 Å². The zero-order valence-corrected chi connectivity index (χ0v) is 16.8. The zero-order valence-electron chi connectivity index (χ0n) is 13.9. The molecule has 0 saturated heterocycles. The van der Waals surface area contributed by atoms with E-state index in [4.69, 9.17) is 0 Å². The van der Waals surface area contributed by atoms with Crippen LogP contribution in [0.25, 0.3) is 0 Å². The van der Waals surface area contributed by atoms with E-state index in [-0.39, 0.29) is 30.8 Å². The molecule has 122 valence electrons. The second-order valence-electron chi connectivity index (χ2n) is 5.78. The third kappa shape index (κ3) is 4.77. The van der Waals surface area contributed by atoms with Gasteiger partial charge in [-0.05, 0) is 34.7 Å². The minimum absolute atomic E-state index is 0. The van der Waals surface area contributed by atoms with Crippen molar-refractivity contribution in [1.82, 2.24) is 0 Å². The summed E-state index contributed by atoms with van der Waals surface area (Å²) in [6.07, 6.45) is 1.12. The topological polar surface area (TPSA) is 57.5 Å². The molecule has 0 radical (unpaired) electrons. The number of carboxylic acid groups (broad SMARTS) is 1. The SMILES string of the molecule is O=C(O)c1cc(Cc2ccccc2)cc(Cc2ccccc2)c1O.[Zn]. The molecule has 0 fully saturated rings. The van der Waals surface area contributed by atoms with Crippen LogP contribution in [-0.4, -0.2) is 16.2 Å². The first-order chi connectivity index (χ1) is 11.6. The summed E-state index contributed by atoms with van der Waals surface area (Å²) in [5.41, 5.74) is 3.59. The summed E-state index contributed by atoms with van der Waals surface area (Å²) in [6.45, 7) is 0. The van der Waals surface area contributed by atoms with Gasteiger partial charge < -0.3 is 10.2 Å². The van der Waals surface area contributed by atoms with Gasteiger partial charge >= 0.3 is 5.97 Å². The Balaban J connectivity index is 0.00000225. The third-order valence-corrected chi connectivity index (χ3v) is 3.97. The van der Waals surface area contributed by atoms with E-state index in [1.165, 1.54) is 0 Å². The molecule has 4 heteroatoms. The van der Waals surface area contributed by atoms with E-state index in [0.717, 1.165) is 16.7 Å². The molecule has 0 amide bonds. The van der Waals surface area contributed by atoms with Gasteiger partial charge in [-0.25, -0.2) is 4.79 Å². The number of hydrogen-bond acceptors (Lipinski definition) is 2. The quantitative estimate of drug-likeness (QED) is 0.647. The van der Waals surface area contributed by atoms with E-state index in [2.05, 4.69) is 0 Å². The number of aromatic carboxylic acids is 1. The summed E-state index contributed by atoms with van der Waals surface area (Å²) in [7, 11) is 0. The predicted octanol–water partition coefficient (Wildman–Crippen LogP) is 4.27. The maximum atomic E-state index is 11.5. The van der Waals surface area contributed by atoms with Crippen LogP contribution in [0, 0.1) is 0 Å². The van der Waals surface area contributed by atoms with Crippen LogP contribution >= 0.6 is 0 Å². The molecular weight excluding hydrogens is 366 g/mol. The number of hydrogen-bond donors (Lipinski definition) is 2. The van der Waals surface area contributed by atoms with Crippen molar-refractivity contribution in [3.63, 3.8) is 0 Å². The Morgan fingerprint density at radius 3 is 1.80 bits per heavy atom. The van der Waals surface area contributed by atoms with Gasteiger partial charge in [0.25, 0.3) is 0 Å². The van der Waals surface area contributed by atoms with Gasteiger partial charge in [-0.3, -0.25) is 0 Å². The van der Waals surface area contributed by atoms with Gasteiger partial charge in [0.15, 0.2) is 0 Å². The minimum Gasteiger partial charge on any atom is -0.507 e. The van der Waals surface area contributed by atoms with Gasteiger partial charge in [0, 0.05) is 25.9 Å². The molecule has 0 spiro atoms. The van der Waals surface area contributed by atoms with E-state index in [0.29, 0.717) is 18.4 Å². The number of carbonyl (C=O) groups is 1. The van der Waals surface area contributed by atoms with Gasteiger partial charge in [0.05, 0.1) is 0 Å². The first kappa shape index (κ1) is 18.9. The van der Waals surface area contributed by atoms with Crippen molar-refractivity contribution in [2.45, 2.75) is 12.8 Å². The van der Waals surface area contributed by atoms with Crippen LogP contribution in [-0.2, 0) is 32.3 Å². The summed E-state index contributed by atoms with van der Waals surface area (Å²) in [6, 6.07) is 23.0. The van der Waals surface area contributed by atoms with Crippen molar-refractivity contribution in [3.8, 4) is 5.75 Å². The normalized spacial score (nSPS) is 10.1. The maximum absolute atomic E-state index is 11.5. The molecule has 0 aliphatic heterocycles. The Labute approximate surface area is 159 Å². The average Bonchev–Trinajstić information content (AvgIpc) is 2.59. The number of rotatable bonds is 5. The van der Waals surface area contributed by atoms with Crippen LogP contribution in [0.15, 0.2) is 72.8 Å². The Morgan fingerprint density at radius 2 is 1.28 bits per heavy atom. The molecule has 0 saturated carbocycles. The standard InChI is InChI=1S/C21H18O3.Zn/c22-20-18(12-16-9-5-2-6-10-16)13-17(14-19(20)21(23)24)11-15-7-3-1-4-8-15;/h1-10,13-14,22H,11-12H2,(H,23,24);. The van der Waals surface area contributed by atoms with E-state index >= 15 is 0 Å². The summed E-state index contributed by atoms with van der Waals surface area (Å²) >= 11 is 0. The summed E-state index contributed by atoms with van der Waals surface area (Å²) in [5.74, 6) is -1.26. The second kappa shape index (κ2) is 8.59. The van der Waals surface area contributed by atoms with Crippen molar-refractivity contribution in [3.05, 3.63) is 101 Å². The fraction of sp³-hybridized carbons (Fsp3) is 0.0952. The van der Waals surface area contributed by atoms with E-state index in [1.807, 2.05) is 66.7 Å². The molecule has 0 bridgehead atoms. The number of phenols is 1. The molecule has 3 rings (SSSR count). The second-order valence-corrected chi connectivity index (χ2v) is 5.78. The average molecular weight is 384 g/mol. The molecule has 25 heavy (non-hydrogen) atoms. The molecule has 2 N–H and O–H groups in total. The van der Waals surface area contributed by atoms with Gasteiger partial charge in [-0.2, -0.15) is 0 Å². The molecule has 3 nitrogen and oxygen atoms in total. The number of aromatic hydroxyl groups is 1. The van der Waals surface area contributed by atoms with Crippen LogP contribution < -0.4 is 0 Å². The molecule has 3 aromatic carbocycles. The summed E-state index contributed by atoms with van der Waals surface area (Å²) in [4.78, 5) is 11.5. The maximum Gasteiger partial charge on any atom is 0.339 e. The van der Waals surface area contributed by atoms with Crippen molar-refractivity contribution in [2.75, 3.05) is 0 Å². The van der Waals surface area contributed by atoms with Gasteiger partial charge in [-0.1, -0.05) is 66.7 Å². The fourth-order valence-corrected chi connectivity index (χ4v) is 2.81. The first-order valence-electron chi connectivity index (χ1n) is 7.79. The third-order valence-electron chi connectivity index (χ3n) is 3.97. The summed E-state index contributed by atoms with van der Waals surface area (Å²) < 4.78 is 0. The van der Waals surface area contributed by atoms with Gasteiger partial charge in [0.1, 0.15) is 11.3 Å². The van der Waals surface area contributed by atoms with E-state index < -0.39 is 5.97 Å². The Morgan fingerprint density at radius 1 is 0.760 bits per heavy atom. The van der Waals surface area contributed by atoms with Crippen LogP contribution in [0.3, 0.4) is 0 Å². The van der Waals surface area contributed by atoms with Crippen molar-refractivity contribution in [1.29, 1.82) is 0 Å². The molecule has 0 atom stereocenters. The summed E-state index contributed by atoms with van der Waals surface area (Å²) in [5, 5.41) is 19.7. The predicted molar refractivity (Wildman–Crippen MR) is 93.6 cm³/mol. The van der Waals surface area contributed by atoms with Gasteiger partial charge in [0.2, 0.25) is 0 Å². The molecule has 3 aromatic rings. The first-order valence-corrected chi connectivity index (χ1v) is 7.79. The molecule has 0 heterocycles.